The normalized spacial score (nSPS) is 12.1. The number of benzene rings is 1. The van der Waals surface area contributed by atoms with Crippen LogP contribution in [-0.4, -0.2) is 19.6 Å². The number of methoxy groups -OCH3 is 1. The fraction of sp³-hybridized carbons (Fsp3) is 0.364. The third kappa shape index (κ3) is 3.66. The van der Waals surface area contributed by atoms with Crippen molar-refractivity contribution in [3.8, 4) is 0 Å². The number of anilines is 1. The van der Waals surface area contributed by atoms with Crippen LogP contribution in [0.1, 0.15) is 6.92 Å². The number of hydrogen-bond acceptors (Lipinski definition) is 3. The molecule has 1 atom stereocenters. The highest BCUT2D eigenvalue weighted by atomic mass is 79.9. The lowest BCUT2D eigenvalue weighted by molar-refractivity contribution is -0.144. The van der Waals surface area contributed by atoms with Crippen molar-refractivity contribution in [2.24, 2.45) is 5.92 Å². The number of esters is 1. The molecule has 0 aliphatic carbocycles. The molecule has 94 valence electrons. The predicted octanol–water partition coefficient (Wildman–Crippen LogP) is 2.95. The molecule has 1 aromatic carbocycles. The Morgan fingerprint density at radius 3 is 2.71 bits per heavy atom. The lowest BCUT2D eigenvalue weighted by atomic mass is 10.2. The Morgan fingerprint density at radius 1 is 1.47 bits per heavy atom. The van der Waals surface area contributed by atoms with Crippen LogP contribution < -0.4 is 5.32 Å². The lowest BCUT2D eigenvalue weighted by Gasteiger charge is -2.12. The molecule has 0 saturated heterocycles. The van der Waals surface area contributed by atoms with Gasteiger partial charge >= 0.3 is 5.97 Å². The predicted molar refractivity (Wildman–Crippen MR) is 63.7 cm³/mol. The van der Waals surface area contributed by atoms with Crippen molar-refractivity contribution in [3.05, 3.63) is 28.2 Å². The van der Waals surface area contributed by atoms with Gasteiger partial charge in [0.15, 0.2) is 0 Å². The summed E-state index contributed by atoms with van der Waals surface area (Å²) in [4.78, 5) is 11.1. The SMILES string of the molecule is COC(=O)C(C)CNc1cc(Br)c(F)cc1F. The maximum Gasteiger partial charge on any atom is 0.310 e. The number of rotatable bonds is 4. The van der Waals surface area contributed by atoms with Gasteiger partial charge < -0.3 is 10.1 Å². The van der Waals surface area contributed by atoms with Crippen LogP contribution in [0.3, 0.4) is 0 Å². The fourth-order valence-corrected chi connectivity index (χ4v) is 1.55. The third-order valence-electron chi connectivity index (χ3n) is 2.21. The first kappa shape index (κ1) is 13.9. The van der Waals surface area contributed by atoms with E-state index < -0.39 is 17.6 Å². The van der Waals surface area contributed by atoms with Crippen LogP contribution in [0.25, 0.3) is 0 Å². The molecule has 0 amide bonds. The highest BCUT2D eigenvalue weighted by Gasteiger charge is 2.14. The summed E-state index contributed by atoms with van der Waals surface area (Å²) >= 11 is 2.96. The van der Waals surface area contributed by atoms with Gasteiger partial charge in [-0.1, -0.05) is 6.92 Å². The van der Waals surface area contributed by atoms with Crippen LogP contribution in [0.4, 0.5) is 14.5 Å². The third-order valence-corrected chi connectivity index (χ3v) is 2.82. The highest BCUT2D eigenvalue weighted by Crippen LogP contribution is 2.23. The molecule has 0 radical (unpaired) electrons. The monoisotopic (exact) mass is 307 g/mol. The van der Waals surface area contributed by atoms with Crippen molar-refractivity contribution in [2.45, 2.75) is 6.92 Å². The molecule has 0 aliphatic rings. The molecule has 0 aliphatic heterocycles. The van der Waals surface area contributed by atoms with Crippen molar-refractivity contribution >= 4 is 27.6 Å². The van der Waals surface area contributed by atoms with Crippen LogP contribution in [0.15, 0.2) is 16.6 Å². The first-order valence-electron chi connectivity index (χ1n) is 4.92. The van der Waals surface area contributed by atoms with Crippen LogP contribution >= 0.6 is 15.9 Å². The van der Waals surface area contributed by atoms with Crippen LogP contribution in [0.2, 0.25) is 0 Å². The van der Waals surface area contributed by atoms with E-state index in [0.717, 1.165) is 6.07 Å². The number of hydrogen-bond donors (Lipinski definition) is 1. The van der Waals surface area contributed by atoms with Crippen molar-refractivity contribution < 1.29 is 18.3 Å². The van der Waals surface area contributed by atoms with Crippen molar-refractivity contribution in [1.82, 2.24) is 0 Å². The number of nitrogens with one attached hydrogen (secondary N) is 1. The number of ether oxygens (including phenoxy) is 1. The van der Waals surface area contributed by atoms with Gasteiger partial charge in [-0.25, -0.2) is 8.78 Å². The van der Waals surface area contributed by atoms with E-state index in [1.807, 2.05) is 0 Å². The van der Waals surface area contributed by atoms with Gasteiger partial charge in [-0.2, -0.15) is 0 Å². The van der Waals surface area contributed by atoms with Crippen molar-refractivity contribution in [1.29, 1.82) is 0 Å². The van der Waals surface area contributed by atoms with E-state index in [2.05, 4.69) is 26.0 Å². The Morgan fingerprint density at radius 2 is 2.12 bits per heavy atom. The topological polar surface area (TPSA) is 38.3 Å². The Balaban J connectivity index is 2.70. The van der Waals surface area contributed by atoms with E-state index in [1.54, 1.807) is 6.92 Å². The van der Waals surface area contributed by atoms with Gasteiger partial charge in [-0.05, 0) is 22.0 Å². The standard InChI is InChI=1S/C11H12BrF2NO2/c1-6(11(16)17-2)5-15-10-3-7(12)8(13)4-9(10)14/h3-4,6,15H,5H2,1-2H3. The van der Waals surface area contributed by atoms with Gasteiger partial charge in [0.2, 0.25) is 0 Å². The van der Waals surface area contributed by atoms with E-state index >= 15 is 0 Å². The van der Waals surface area contributed by atoms with Gasteiger partial charge in [-0.3, -0.25) is 4.79 Å². The molecule has 6 heteroatoms. The average molecular weight is 308 g/mol. The highest BCUT2D eigenvalue weighted by molar-refractivity contribution is 9.10. The van der Waals surface area contributed by atoms with Crippen molar-refractivity contribution in [3.63, 3.8) is 0 Å². The van der Waals surface area contributed by atoms with Gasteiger partial charge in [0.1, 0.15) is 11.6 Å². The maximum absolute atomic E-state index is 13.3. The zero-order valence-electron chi connectivity index (χ0n) is 9.39. The second-order valence-electron chi connectivity index (χ2n) is 3.55. The maximum atomic E-state index is 13.3. The molecular weight excluding hydrogens is 296 g/mol. The van der Waals surface area contributed by atoms with Gasteiger partial charge in [0, 0.05) is 12.6 Å². The first-order chi connectivity index (χ1) is 7.95. The van der Waals surface area contributed by atoms with Gasteiger partial charge in [0.25, 0.3) is 0 Å². The van der Waals surface area contributed by atoms with Crippen LogP contribution in [0.5, 0.6) is 0 Å². The molecule has 0 heterocycles. The van der Waals surface area contributed by atoms with Gasteiger partial charge in [-0.15, -0.1) is 0 Å². The second-order valence-corrected chi connectivity index (χ2v) is 4.41. The smallest absolute Gasteiger partial charge is 0.310 e. The summed E-state index contributed by atoms with van der Waals surface area (Å²) in [6.45, 7) is 1.86. The summed E-state index contributed by atoms with van der Waals surface area (Å²) in [6.07, 6.45) is 0. The zero-order valence-corrected chi connectivity index (χ0v) is 11.0. The minimum absolute atomic E-state index is 0.133. The molecule has 17 heavy (non-hydrogen) atoms. The summed E-state index contributed by atoms with van der Waals surface area (Å²) in [7, 11) is 1.29. The molecule has 1 N–H and O–H groups in total. The molecule has 1 rings (SSSR count). The summed E-state index contributed by atoms with van der Waals surface area (Å²) in [6, 6.07) is 2.06. The Hall–Kier alpha value is -1.17. The number of carbonyl (C=O) groups is 1. The van der Waals surface area contributed by atoms with Crippen molar-refractivity contribution in [2.75, 3.05) is 19.0 Å². The average Bonchev–Trinajstić information content (AvgIpc) is 2.30. The van der Waals surface area contributed by atoms with E-state index in [1.165, 1.54) is 13.2 Å². The quantitative estimate of drug-likeness (QED) is 0.686. The van der Waals surface area contributed by atoms with E-state index in [4.69, 9.17) is 0 Å². The fourth-order valence-electron chi connectivity index (χ4n) is 1.21. The summed E-state index contributed by atoms with van der Waals surface area (Å²) in [5.41, 5.74) is 0.133. The molecular formula is C11H12BrF2NO2. The summed E-state index contributed by atoms with van der Waals surface area (Å²) in [5, 5.41) is 2.72. The Labute approximate surface area is 106 Å². The lowest BCUT2D eigenvalue weighted by Crippen LogP contribution is -2.21. The molecule has 0 saturated carbocycles. The van der Waals surface area contributed by atoms with Crippen LogP contribution in [-0.2, 0) is 9.53 Å². The van der Waals surface area contributed by atoms with Crippen LogP contribution in [0, 0.1) is 17.6 Å². The zero-order chi connectivity index (χ0) is 13.0. The minimum atomic E-state index is -0.706. The Bertz CT molecular complexity index is 426. The molecule has 1 aromatic rings. The number of carbonyl (C=O) groups excluding carboxylic acids is 1. The second kappa shape index (κ2) is 5.95. The molecule has 0 spiro atoms. The van der Waals surface area contributed by atoms with E-state index in [-0.39, 0.29) is 22.7 Å². The van der Waals surface area contributed by atoms with Gasteiger partial charge in [0.05, 0.1) is 23.2 Å². The summed E-state index contributed by atoms with van der Waals surface area (Å²) < 4.78 is 31.0. The molecule has 3 nitrogen and oxygen atoms in total. The largest absolute Gasteiger partial charge is 0.469 e. The number of halogens is 3. The first-order valence-corrected chi connectivity index (χ1v) is 5.71. The summed E-state index contributed by atoms with van der Waals surface area (Å²) in [5.74, 6) is -2.18. The molecule has 0 fully saturated rings. The molecule has 0 bridgehead atoms. The van der Waals surface area contributed by atoms with E-state index in [9.17, 15) is 13.6 Å². The van der Waals surface area contributed by atoms with E-state index in [0.29, 0.717) is 0 Å². The molecule has 0 aromatic heterocycles. The minimum Gasteiger partial charge on any atom is -0.469 e. The Kier molecular flexibility index (Phi) is 4.86. The molecule has 1 unspecified atom stereocenters.